The quantitative estimate of drug-likeness (QED) is 0.687. The molecule has 1 aromatic carbocycles. The predicted octanol–water partition coefficient (Wildman–Crippen LogP) is 1.36. The first-order valence-electron chi connectivity index (χ1n) is 4.31. The number of hydrogen-bond donors (Lipinski definition) is 3. The summed E-state index contributed by atoms with van der Waals surface area (Å²) in [5.41, 5.74) is 7.21. The van der Waals surface area contributed by atoms with Crippen LogP contribution in [-0.2, 0) is 0 Å². The number of carbonyl (C=O) groups is 1. The molecule has 0 spiro atoms. The lowest BCUT2D eigenvalue weighted by Gasteiger charge is -1.97. The van der Waals surface area contributed by atoms with Gasteiger partial charge in [0.1, 0.15) is 0 Å². The molecule has 0 atom stereocenters. The summed E-state index contributed by atoms with van der Waals surface area (Å²) in [6.07, 6.45) is 1.67. The van der Waals surface area contributed by atoms with E-state index in [0.717, 1.165) is 5.56 Å². The first-order chi connectivity index (χ1) is 7.16. The van der Waals surface area contributed by atoms with E-state index < -0.39 is 5.97 Å². The lowest BCUT2D eigenvalue weighted by atomic mass is 10.1. The maximum Gasteiger partial charge on any atom is 0.335 e. The number of hydrogen-bond acceptors (Lipinski definition) is 3. The molecule has 2 rings (SSSR count). The zero-order valence-corrected chi connectivity index (χ0v) is 7.77. The Morgan fingerprint density at radius 1 is 1.33 bits per heavy atom. The lowest BCUT2D eigenvalue weighted by molar-refractivity contribution is 0.0697. The molecule has 0 amide bonds. The molecule has 2 aromatic rings. The second kappa shape index (κ2) is 3.45. The number of rotatable bonds is 2. The van der Waals surface area contributed by atoms with Crippen LogP contribution in [-0.4, -0.2) is 21.0 Å². The third-order valence-electron chi connectivity index (χ3n) is 2.03. The molecule has 15 heavy (non-hydrogen) atoms. The summed E-state index contributed by atoms with van der Waals surface area (Å²) in [6.45, 7) is 0. The van der Waals surface area contributed by atoms with Gasteiger partial charge < -0.3 is 15.8 Å². The highest BCUT2D eigenvalue weighted by Crippen LogP contribution is 2.18. The van der Waals surface area contributed by atoms with E-state index in [1.807, 2.05) is 0 Å². The van der Waals surface area contributed by atoms with Crippen molar-refractivity contribution in [2.24, 2.45) is 0 Å². The van der Waals surface area contributed by atoms with Crippen LogP contribution in [0.5, 0.6) is 0 Å². The number of aromatic carboxylic acids is 1. The molecule has 0 bridgehead atoms. The van der Waals surface area contributed by atoms with Gasteiger partial charge in [-0.25, -0.2) is 9.78 Å². The number of imidazole rings is 1. The first-order valence-corrected chi connectivity index (χ1v) is 4.31. The van der Waals surface area contributed by atoms with Crippen molar-refractivity contribution in [2.75, 3.05) is 5.73 Å². The number of nitrogens with zero attached hydrogens (tertiary/aromatic N) is 1. The molecule has 0 unspecified atom stereocenters. The van der Waals surface area contributed by atoms with Gasteiger partial charge in [-0.2, -0.15) is 0 Å². The molecular weight excluding hydrogens is 194 g/mol. The second-order valence-electron chi connectivity index (χ2n) is 3.05. The topological polar surface area (TPSA) is 92.0 Å². The fourth-order valence-corrected chi connectivity index (χ4v) is 1.27. The maximum absolute atomic E-state index is 10.6. The monoisotopic (exact) mass is 203 g/mol. The predicted molar refractivity (Wildman–Crippen MR) is 55.4 cm³/mol. The number of nitrogen functional groups attached to an aromatic ring is 1. The summed E-state index contributed by atoms with van der Waals surface area (Å²) >= 11 is 0. The molecule has 0 aliphatic heterocycles. The Hall–Kier alpha value is -2.30. The zero-order chi connectivity index (χ0) is 10.8. The first kappa shape index (κ1) is 9.26. The van der Waals surface area contributed by atoms with E-state index in [1.165, 1.54) is 12.1 Å². The number of carboxylic acids is 1. The summed E-state index contributed by atoms with van der Waals surface area (Å²) in [7, 11) is 0. The number of nitrogens with two attached hydrogens (primary N) is 1. The smallest absolute Gasteiger partial charge is 0.335 e. The van der Waals surface area contributed by atoms with E-state index >= 15 is 0 Å². The van der Waals surface area contributed by atoms with Crippen LogP contribution >= 0.6 is 0 Å². The van der Waals surface area contributed by atoms with E-state index in [2.05, 4.69) is 9.97 Å². The zero-order valence-electron chi connectivity index (χ0n) is 7.77. The highest BCUT2D eigenvalue weighted by atomic mass is 16.4. The van der Waals surface area contributed by atoms with Gasteiger partial charge in [0.2, 0.25) is 0 Å². The molecule has 0 radical (unpaired) electrons. The van der Waals surface area contributed by atoms with E-state index in [4.69, 9.17) is 10.8 Å². The number of aromatic amines is 1. The number of aromatic nitrogens is 2. The van der Waals surface area contributed by atoms with Gasteiger partial charge >= 0.3 is 5.97 Å². The molecule has 0 saturated carbocycles. The highest BCUT2D eigenvalue weighted by molar-refractivity contribution is 5.88. The van der Waals surface area contributed by atoms with E-state index in [0.29, 0.717) is 11.6 Å². The summed E-state index contributed by atoms with van der Waals surface area (Å²) in [4.78, 5) is 17.4. The SMILES string of the molecule is Nc1nc(-c2ccc(C(=O)O)cc2)c[nH]1. The van der Waals surface area contributed by atoms with Crippen molar-refractivity contribution in [1.82, 2.24) is 9.97 Å². The van der Waals surface area contributed by atoms with Gasteiger partial charge in [-0.05, 0) is 12.1 Å². The Bertz CT molecular complexity index is 488. The summed E-state index contributed by atoms with van der Waals surface area (Å²) in [6, 6.07) is 6.45. The number of H-pyrrole nitrogens is 1. The maximum atomic E-state index is 10.6. The van der Waals surface area contributed by atoms with Gasteiger partial charge in [-0.1, -0.05) is 12.1 Å². The molecule has 76 valence electrons. The van der Waals surface area contributed by atoms with Gasteiger partial charge in [-0.15, -0.1) is 0 Å². The highest BCUT2D eigenvalue weighted by Gasteiger charge is 2.04. The Balaban J connectivity index is 2.35. The molecule has 0 fully saturated rings. The summed E-state index contributed by atoms with van der Waals surface area (Å²) in [5.74, 6) is -0.601. The van der Waals surface area contributed by atoms with Crippen molar-refractivity contribution >= 4 is 11.9 Å². The van der Waals surface area contributed by atoms with E-state index in [-0.39, 0.29) is 5.56 Å². The average molecular weight is 203 g/mol. The largest absolute Gasteiger partial charge is 0.478 e. The molecule has 1 aromatic heterocycles. The van der Waals surface area contributed by atoms with E-state index in [1.54, 1.807) is 18.3 Å². The third kappa shape index (κ3) is 1.80. The van der Waals surface area contributed by atoms with Crippen molar-refractivity contribution in [3.05, 3.63) is 36.0 Å². The van der Waals surface area contributed by atoms with Crippen LogP contribution < -0.4 is 5.73 Å². The van der Waals surface area contributed by atoms with Crippen molar-refractivity contribution in [2.45, 2.75) is 0 Å². The minimum atomic E-state index is -0.942. The minimum absolute atomic E-state index is 0.252. The van der Waals surface area contributed by atoms with Gasteiger partial charge in [0.15, 0.2) is 5.95 Å². The van der Waals surface area contributed by atoms with Crippen molar-refractivity contribution < 1.29 is 9.90 Å². The fraction of sp³-hybridized carbons (Fsp3) is 0. The van der Waals surface area contributed by atoms with Crippen LogP contribution in [0.4, 0.5) is 5.95 Å². The van der Waals surface area contributed by atoms with Crippen LogP contribution in [0.2, 0.25) is 0 Å². The van der Waals surface area contributed by atoms with Crippen molar-refractivity contribution in [1.29, 1.82) is 0 Å². The van der Waals surface area contributed by atoms with Crippen LogP contribution in [0.3, 0.4) is 0 Å². The standard InChI is InChI=1S/C10H9N3O2/c11-10-12-5-8(13-10)6-1-3-7(4-2-6)9(14)15/h1-5H,(H,14,15)(H3,11,12,13). The van der Waals surface area contributed by atoms with Gasteiger partial charge in [0.05, 0.1) is 11.3 Å². The second-order valence-corrected chi connectivity index (χ2v) is 3.05. The Morgan fingerprint density at radius 2 is 2.00 bits per heavy atom. The Kier molecular flexibility index (Phi) is 2.13. The summed E-state index contributed by atoms with van der Waals surface area (Å²) in [5, 5.41) is 8.71. The number of carboxylic acid groups (broad SMARTS) is 1. The summed E-state index contributed by atoms with van der Waals surface area (Å²) < 4.78 is 0. The number of benzene rings is 1. The number of anilines is 1. The van der Waals surface area contributed by atoms with E-state index in [9.17, 15) is 4.79 Å². The van der Waals surface area contributed by atoms with Gasteiger partial charge in [0, 0.05) is 11.8 Å². The fourth-order valence-electron chi connectivity index (χ4n) is 1.27. The third-order valence-corrected chi connectivity index (χ3v) is 2.03. The molecular formula is C10H9N3O2. The Labute approximate surface area is 85.6 Å². The normalized spacial score (nSPS) is 10.1. The van der Waals surface area contributed by atoms with Gasteiger partial charge in [-0.3, -0.25) is 0 Å². The molecule has 5 nitrogen and oxygen atoms in total. The van der Waals surface area contributed by atoms with Crippen LogP contribution in [0.25, 0.3) is 11.3 Å². The molecule has 0 aliphatic rings. The van der Waals surface area contributed by atoms with Crippen molar-refractivity contribution in [3.8, 4) is 11.3 Å². The van der Waals surface area contributed by atoms with Crippen LogP contribution in [0.15, 0.2) is 30.5 Å². The number of nitrogens with one attached hydrogen (secondary N) is 1. The molecule has 1 heterocycles. The average Bonchev–Trinajstić information content (AvgIpc) is 2.65. The molecule has 0 aliphatic carbocycles. The van der Waals surface area contributed by atoms with Crippen LogP contribution in [0.1, 0.15) is 10.4 Å². The molecule has 5 heteroatoms. The van der Waals surface area contributed by atoms with Crippen molar-refractivity contribution in [3.63, 3.8) is 0 Å². The molecule has 0 saturated heterocycles. The lowest BCUT2D eigenvalue weighted by Crippen LogP contribution is -1.95. The van der Waals surface area contributed by atoms with Crippen LogP contribution in [0, 0.1) is 0 Å². The minimum Gasteiger partial charge on any atom is -0.478 e. The van der Waals surface area contributed by atoms with Gasteiger partial charge in [0.25, 0.3) is 0 Å². The Morgan fingerprint density at radius 3 is 2.47 bits per heavy atom. The molecule has 4 N–H and O–H groups in total.